The third-order valence-electron chi connectivity index (χ3n) is 4.80. The molecule has 2 heterocycles. The van der Waals surface area contributed by atoms with Crippen molar-refractivity contribution in [1.29, 1.82) is 0 Å². The maximum absolute atomic E-state index is 5.74. The largest absolute Gasteiger partial charge is 0.492 e. The molecule has 4 rings (SSSR count). The Hall–Kier alpha value is -3.71. The second kappa shape index (κ2) is 9.40. The van der Waals surface area contributed by atoms with Gasteiger partial charge in [-0.3, -0.25) is 5.10 Å². The van der Waals surface area contributed by atoms with Crippen LogP contribution in [0.3, 0.4) is 0 Å². The Morgan fingerprint density at radius 1 is 1.06 bits per heavy atom. The number of aromatic amines is 1. The number of likely N-dealkylation sites (N-methyl/N-ethyl adjacent to an activating group) is 1. The number of benzene rings is 2. The summed E-state index contributed by atoms with van der Waals surface area (Å²) in [5.74, 6) is 1.36. The first-order valence-electron chi connectivity index (χ1n) is 10.2. The zero-order valence-corrected chi connectivity index (χ0v) is 18.0. The number of aromatic nitrogens is 4. The van der Waals surface area contributed by atoms with Crippen LogP contribution < -0.4 is 10.1 Å². The summed E-state index contributed by atoms with van der Waals surface area (Å²) in [6, 6.07) is 18.0. The summed E-state index contributed by atoms with van der Waals surface area (Å²) in [6.07, 6.45) is 3.54. The fourth-order valence-corrected chi connectivity index (χ4v) is 3.18. The monoisotopic (exact) mass is 414 g/mol. The first kappa shape index (κ1) is 20.6. The van der Waals surface area contributed by atoms with Crippen molar-refractivity contribution in [2.45, 2.75) is 6.92 Å². The summed E-state index contributed by atoms with van der Waals surface area (Å²) in [5.41, 5.74) is 5.82. The van der Waals surface area contributed by atoms with Gasteiger partial charge < -0.3 is 15.0 Å². The van der Waals surface area contributed by atoms with Crippen molar-refractivity contribution in [2.75, 3.05) is 32.6 Å². The van der Waals surface area contributed by atoms with Gasteiger partial charge in [-0.1, -0.05) is 23.8 Å². The molecule has 0 aliphatic rings. The van der Waals surface area contributed by atoms with Crippen LogP contribution in [0, 0.1) is 6.92 Å². The summed E-state index contributed by atoms with van der Waals surface area (Å²) < 4.78 is 5.74. The zero-order valence-electron chi connectivity index (χ0n) is 18.0. The van der Waals surface area contributed by atoms with Crippen LogP contribution in [0.25, 0.3) is 22.5 Å². The van der Waals surface area contributed by atoms with E-state index < -0.39 is 0 Å². The van der Waals surface area contributed by atoms with Crippen LogP contribution in [0.5, 0.6) is 5.75 Å². The fourth-order valence-electron chi connectivity index (χ4n) is 3.18. The molecule has 0 saturated carbocycles. The Balaban J connectivity index is 1.49. The Kier molecular flexibility index (Phi) is 6.24. The van der Waals surface area contributed by atoms with Crippen LogP contribution >= 0.6 is 0 Å². The molecule has 0 aliphatic carbocycles. The molecule has 0 spiro atoms. The average Bonchev–Trinajstić information content (AvgIpc) is 3.25. The van der Waals surface area contributed by atoms with Gasteiger partial charge in [0.05, 0.1) is 17.6 Å². The molecule has 0 atom stereocenters. The molecule has 0 amide bonds. The molecule has 0 bridgehead atoms. The van der Waals surface area contributed by atoms with Gasteiger partial charge in [0.25, 0.3) is 0 Å². The lowest BCUT2D eigenvalue weighted by atomic mass is 10.0. The van der Waals surface area contributed by atoms with Crippen LogP contribution in [-0.4, -0.2) is 52.3 Å². The van der Waals surface area contributed by atoms with Gasteiger partial charge in [0, 0.05) is 29.6 Å². The van der Waals surface area contributed by atoms with E-state index in [4.69, 9.17) is 9.72 Å². The minimum Gasteiger partial charge on any atom is -0.492 e. The van der Waals surface area contributed by atoms with Crippen molar-refractivity contribution in [1.82, 2.24) is 25.1 Å². The van der Waals surface area contributed by atoms with Gasteiger partial charge in [-0.25, -0.2) is 9.97 Å². The average molecular weight is 415 g/mol. The first-order chi connectivity index (χ1) is 15.1. The van der Waals surface area contributed by atoms with Gasteiger partial charge in [-0.15, -0.1) is 0 Å². The molecule has 2 aromatic carbocycles. The molecular weight excluding hydrogens is 388 g/mol. The summed E-state index contributed by atoms with van der Waals surface area (Å²) in [7, 11) is 4.05. The van der Waals surface area contributed by atoms with E-state index in [2.05, 4.69) is 50.5 Å². The van der Waals surface area contributed by atoms with E-state index in [0.717, 1.165) is 40.5 Å². The summed E-state index contributed by atoms with van der Waals surface area (Å²) >= 11 is 0. The number of hydrogen-bond acceptors (Lipinski definition) is 6. The van der Waals surface area contributed by atoms with E-state index in [1.54, 1.807) is 12.4 Å². The highest BCUT2D eigenvalue weighted by Crippen LogP contribution is 2.30. The lowest BCUT2D eigenvalue weighted by molar-refractivity contribution is 0.261. The molecule has 7 heteroatoms. The summed E-state index contributed by atoms with van der Waals surface area (Å²) in [6.45, 7) is 3.60. The summed E-state index contributed by atoms with van der Waals surface area (Å²) in [5, 5.41) is 10.6. The van der Waals surface area contributed by atoms with Crippen LogP contribution in [0.4, 0.5) is 11.6 Å². The van der Waals surface area contributed by atoms with Gasteiger partial charge in [-0.05, 0) is 57.4 Å². The topological polar surface area (TPSA) is 79.0 Å². The van der Waals surface area contributed by atoms with Crippen molar-refractivity contribution in [3.63, 3.8) is 0 Å². The molecule has 0 aliphatic heterocycles. The Morgan fingerprint density at radius 3 is 2.68 bits per heavy atom. The number of nitrogens with one attached hydrogen (secondary N) is 2. The predicted octanol–water partition coefficient (Wildman–Crippen LogP) is 4.53. The normalized spacial score (nSPS) is 11.0. The summed E-state index contributed by atoms with van der Waals surface area (Å²) in [4.78, 5) is 11.1. The number of nitrogens with zero attached hydrogens (tertiary/aromatic N) is 4. The Labute approximate surface area is 182 Å². The van der Waals surface area contributed by atoms with E-state index in [1.165, 1.54) is 5.56 Å². The highest BCUT2D eigenvalue weighted by atomic mass is 16.5. The highest BCUT2D eigenvalue weighted by Gasteiger charge is 2.12. The SMILES string of the molecule is Cc1cccc(-c2[nH]ncc2-c2ccnc(Nc3ccc(OCCN(C)C)cc3)n2)c1. The number of ether oxygens (including phenoxy) is 1. The van der Waals surface area contributed by atoms with Crippen LogP contribution in [0.15, 0.2) is 67.0 Å². The van der Waals surface area contributed by atoms with Gasteiger partial charge >= 0.3 is 0 Å². The molecule has 4 aromatic rings. The molecule has 0 radical (unpaired) electrons. The van der Waals surface area contributed by atoms with Crippen LogP contribution in [0.2, 0.25) is 0 Å². The highest BCUT2D eigenvalue weighted by molar-refractivity contribution is 5.79. The van der Waals surface area contributed by atoms with Crippen molar-refractivity contribution in [2.24, 2.45) is 0 Å². The van der Waals surface area contributed by atoms with Gasteiger partial charge in [0.15, 0.2) is 0 Å². The maximum atomic E-state index is 5.74. The minimum atomic E-state index is 0.523. The van der Waals surface area contributed by atoms with E-state index in [-0.39, 0.29) is 0 Å². The number of H-pyrrole nitrogens is 1. The first-order valence-corrected chi connectivity index (χ1v) is 10.2. The Bertz CT molecular complexity index is 1140. The molecule has 2 aromatic heterocycles. The Morgan fingerprint density at radius 2 is 1.90 bits per heavy atom. The maximum Gasteiger partial charge on any atom is 0.227 e. The molecular formula is C24H26N6O. The third kappa shape index (κ3) is 5.26. The third-order valence-corrected chi connectivity index (χ3v) is 4.80. The van der Waals surface area contributed by atoms with Crippen LogP contribution in [-0.2, 0) is 0 Å². The zero-order chi connectivity index (χ0) is 21.6. The number of anilines is 2. The quantitative estimate of drug-likeness (QED) is 0.441. The lowest BCUT2D eigenvalue weighted by Crippen LogP contribution is -2.19. The van der Waals surface area contributed by atoms with Crippen LogP contribution in [0.1, 0.15) is 5.56 Å². The van der Waals surface area contributed by atoms with Gasteiger partial charge in [0.1, 0.15) is 12.4 Å². The standard InChI is InChI=1S/C24H26N6O/c1-17-5-4-6-18(15-17)23-21(16-26-29-23)22-11-12-25-24(28-22)27-19-7-9-20(10-8-19)31-14-13-30(2)3/h4-12,15-16H,13-14H2,1-3H3,(H,26,29)(H,25,27,28). The molecule has 0 saturated heterocycles. The second-order valence-electron chi connectivity index (χ2n) is 7.59. The molecule has 7 nitrogen and oxygen atoms in total. The second-order valence-corrected chi connectivity index (χ2v) is 7.59. The number of aryl methyl sites for hydroxylation is 1. The molecule has 0 fully saturated rings. The van der Waals surface area contributed by atoms with Crippen molar-refractivity contribution >= 4 is 11.6 Å². The minimum absolute atomic E-state index is 0.523. The molecule has 158 valence electrons. The lowest BCUT2D eigenvalue weighted by Gasteiger charge is -2.11. The van der Waals surface area contributed by atoms with Gasteiger partial charge in [-0.2, -0.15) is 5.10 Å². The number of rotatable bonds is 8. The van der Waals surface area contributed by atoms with E-state index in [1.807, 2.05) is 50.5 Å². The molecule has 31 heavy (non-hydrogen) atoms. The van der Waals surface area contributed by atoms with E-state index in [9.17, 15) is 0 Å². The molecule has 0 unspecified atom stereocenters. The van der Waals surface area contributed by atoms with E-state index >= 15 is 0 Å². The van der Waals surface area contributed by atoms with E-state index in [0.29, 0.717) is 12.6 Å². The smallest absolute Gasteiger partial charge is 0.227 e. The fraction of sp³-hybridized carbons (Fsp3) is 0.208. The van der Waals surface area contributed by atoms with Crippen molar-refractivity contribution in [3.05, 3.63) is 72.6 Å². The predicted molar refractivity (Wildman–Crippen MR) is 124 cm³/mol. The number of hydrogen-bond donors (Lipinski definition) is 2. The van der Waals surface area contributed by atoms with Crippen molar-refractivity contribution in [3.8, 4) is 28.3 Å². The van der Waals surface area contributed by atoms with Crippen molar-refractivity contribution < 1.29 is 4.74 Å². The molecule has 2 N–H and O–H groups in total. The van der Waals surface area contributed by atoms with Gasteiger partial charge in [0.2, 0.25) is 5.95 Å².